The highest BCUT2D eigenvalue weighted by molar-refractivity contribution is 7.16. The lowest BCUT2D eigenvalue weighted by molar-refractivity contribution is -0.116. The molecule has 6 nitrogen and oxygen atoms in total. The fourth-order valence-electron chi connectivity index (χ4n) is 3.15. The van der Waals surface area contributed by atoms with E-state index >= 15 is 0 Å². The van der Waals surface area contributed by atoms with Gasteiger partial charge in [-0.2, -0.15) is 0 Å². The summed E-state index contributed by atoms with van der Waals surface area (Å²) in [7, 11) is 0. The van der Waals surface area contributed by atoms with Crippen LogP contribution in [0.1, 0.15) is 25.4 Å². The number of hydrogen-bond donors (Lipinski definition) is 1. The van der Waals surface area contributed by atoms with Crippen LogP contribution in [0.4, 0.5) is 0 Å². The lowest BCUT2D eigenvalue weighted by Crippen LogP contribution is -2.42. The second-order valence-corrected chi connectivity index (χ2v) is 7.13. The molecule has 1 aliphatic rings. The first-order valence-corrected chi connectivity index (χ1v) is 8.80. The molecule has 23 heavy (non-hydrogen) atoms. The lowest BCUT2D eigenvalue weighted by Gasteiger charge is -2.35. The zero-order valence-electron chi connectivity index (χ0n) is 12.5. The number of piperidine rings is 1. The number of likely N-dealkylation sites (tertiary alicyclic amines) is 1. The number of aliphatic hydroxyl groups excluding tert-OH is 1. The molecule has 0 aromatic carbocycles. The molecule has 0 spiro atoms. The topological polar surface area (TPSA) is 75.4 Å². The molecule has 0 saturated carbocycles. The third kappa shape index (κ3) is 3.33. The summed E-state index contributed by atoms with van der Waals surface area (Å²) in [4.78, 5) is 30.6. The van der Waals surface area contributed by atoms with Gasteiger partial charge in [-0.3, -0.25) is 19.1 Å². The molecule has 1 fully saturated rings. The van der Waals surface area contributed by atoms with Crippen LogP contribution in [0, 0.1) is 5.92 Å². The maximum Gasteiger partial charge on any atom is 0.311 e. The molecule has 3 rings (SSSR count). The number of fused-ring (bicyclic) bond motifs is 1. The lowest BCUT2D eigenvalue weighted by atomic mass is 9.94. The van der Waals surface area contributed by atoms with Crippen molar-refractivity contribution >= 4 is 39.6 Å². The number of thiazole rings is 1. The van der Waals surface area contributed by atoms with Crippen molar-refractivity contribution < 1.29 is 9.90 Å². The Balaban J connectivity index is 1.90. The average Bonchev–Trinajstić information content (AvgIpc) is 2.86. The van der Waals surface area contributed by atoms with Crippen molar-refractivity contribution in [2.45, 2.75) is 25.4 Å². The van der Waals surface area contributed by atoms with Gasteiger partial charge in [0.05, 0.1) is 10.5 Å². The summed E-state index contributed by atoms with van der Waals surface area (Å²) in [6, 6.07) is 1.68. The fraction of sp³-hybridized carbons (Fsp3) is 0.533. The molecule has 8 heteroatoms. The van der Waals surface area contributed by atoms with Gasteiger partial charge in [0.15, 0.2) is 6.29 Å². The van der Waals surface area contributed by atoms with Crippen LogP contribution >= 0.6 is 22.9 Å². The summed E-state index contributed by atoms with van der Waals surface area (Å²) < 4.78 is 1.48. The summed E-state index contributed by atoms with van der Waals surface area (Å²) in [5, 5.41) is 9.48. The summed E-state index contributed by atoms with van der Waals surface area (Å²) in [6.45, 7) is 1.65. The quantitative estimate of drug-likeness (QED) is 0.829. The molecule has 0 bridgehead atoms. The SMILES string of the molecule is O=CC(N1CCC(CCO)CC1)n1c(=O)sc2ncc(Cl)cc21. The first kappa shape index (κ1) is 16.6. The number of aldehydes is 1. The molecule has 0 amide bonds. The Morgan fingerprint density at radius 1 is 1.48 bits per heavy atom. The first-order chi connectivity index (χ1) is 11.1. The van der Waals surface area contributed by atoms with Crippen LogP contribution in [0.5, 0.6) is 0 Å². The fourth-order valence-corrected chi connectivity index (χ4v) is 4.14. The number of hydrogen-bond acceptors (Lipinski definition) is 6. The molecule has 2 aromatic rings. The third-order valence-electron chi connectivity index (χ3n) is 4.39. The van der Waals surface area contributed by atoms with Gasteiger partial charge in [-0.25, -0.2) is 4.98 Å². The van der Waals surface area contributed by atoms with E-state index < -0.39 is 6.17 Å². The summed E-state index contributed by atoms with van der Waals surface area (Å²) in [5.74, 6) is 0.482. The number of carbonyl (C=O) groups is 1. The van der Waals surface area contributed by atoms with E-state index in [0.29, 0.717) is 21.3 Å². The van der Waals surface area contributed by atoms with Crippen LogP contribution in [-0.2, 0) is 4.79 Å². The van der Waals surface area contributed by atoms with Gasteiger partial charge in [0, 0.05) is 25.9 Å². The molecular formula is C15H18ClN3O3S. The number of aliphatic hydroxyl groups is 1. The van der Waals surface area contributed by atoms with Gasteiger partial charge in [-0.05, 0) is 31.2 Å². The first-order valence-electron chi connectivity index (χ1n) is 7.61. The van der Waals surface area contributed by atoms with E-state index in [0.717, 1.165) is 50.0 Å². The molecule has 2 aromatic heterocycles. The number of aromatic nitrogens is 2. The Morgan fingerprint density at radius 2 is 2.22 bits per heavy atom. The summed E-state index contributed by atoms with van der Waals surface area (Å²) in [6.07, 6.45) is 4.30. The number of carbonyl (C=O) groups excluding carboxylic acids is 1. The maximum atomic E-state index is 12.3. The molecule has 1 aliphatic heterocycles. The van der Waals surface area contributed by atoms with Crippen LogP contribution in [0.2, 0.25) is 5.02 Å². The van der Waals surface area contributed by atoms with Gasteiger partial charge in [-0.1, -0.05) is 22.9 Å². The minimum Gasteiger partial charge on any atom is -0.396 e. The van der Waals surface area contributed by atoms with Crippen molar-refractivity contribution in [2.24, 2.45) is 5.92 Å². The summed E-state index contributed by atoms with van der Waals surface area (Å²) in [5.41, 5.74) is 0.599. The Bertz CT molecular complexity index is 752. The Hall–Kier alpha value is -1.28. The largest absolute Gasteiger partial charge is 0.396 e. The van der Waals surface area contributed by atoms with E-state index in [1.54, 1.807) is 6.07 Å². The minimum atomic E-state index is -0.633. The van der Waals surface area contributed by atoms with Gasteiger partial charge in [0.25, 0.3) is 0 Å². The van der Waals surface area contributed by atoms with Gasteiger partial charge in [0.1, 0.15) is 11.0 Å². The Kier molecular flexibility index (Phi) is 5.11. The molecule has 124 valence electrons. The molecule has 0 radical (unpaired) electrons. The molecular weight excluding hydrogens is 338 g/mol. The molecule has 1 atom stereocenters. The van der Waals surface area contributed by atoms with E-state index in [4.69, 9.17) is 16.7 Å². The standard InChI is InChI=1S/C15H18ClN3O3S/c16-11-7-12-14(17-8-11)23-15(22)19(12)13(9-21)18-4-1-10(2-5-18)3-6-20/h7-10,13,20H,1-6H2. The molecule has 3 heterocycles. The van der Waals surface area contributed by atoms with Crippen LogP contribution < -0.4 is 4.87 Å². The van der Waals surface area contributed by atoms with Crippen LogP contribution in [0.15, 0.2) is 17.1 Å². The van der Waals surface area contributed by atoms with Crippen molar-refractivity contribution in [3.8, 4) is 0 Å². The number of pyridine rings is 1. The third-order valence-corrected chi connectivity index (χ3v) is 5.47. The van der Waals surface area contributed by atoms with E-state index in [-0.39, 0.29) is 11.5 Å². The zero-order valence-corrected chi connectivity index (χ0v) is 14.1. The second kappa shape index (κ2) is 7.09. The highest BCUT2D eigenvalue weighted by atomic mass is 35.5. The molecule has 1 unspecified atom stereocenters. The van der Waals surface area contributed by atoms with Gasteiger partial charge in [-0.15, -0.1) is 0 Å². The predicted molar refractivity (Wildman–Crippen MR) is 90.0 cm³/mol. The highest BCUT2D eigenvalue weighted by Crippen LogP contribution is 2.27. The summed E-state index contributed by atoms with van der Waals surface area (Å²) >= 11 is 7.01. The van der Waals surface area contributed by atoms with Crippen LogP contribution in [0.25, 0.3) is 10.3 Å². The number of nitrogens with zero attached hydrogens (tertiary/aromatic N) is 3. The zero-order chi connectivity index (χ0) is 16.4. The van der Waals surface area contributed by atoms with E-state index in [1.165, 1.54) is 10.8 Å². The number of halogens is 1. The van der Waals surface area contributed by atoms with Gasteiger partial charge in [0.2, 0.25) is 0 Å². The molecule has 0 aliphatic carbocycles. The van der Waals surface area contributed by atoms with E-state index in [1.807, 2.05) is 4.90 Å². The minimum absolute atomic E-state index is 0.195. The smallest absolute Gasteiger partial charge is 0.311 e. The highest BCUT2D eigenvalue weighted by Gasteiger charge is 2.28. The molecule has 1 N–H and O–H groups in total. The normalized spacial score (nSPS) is 18.3. The monoisotopic (exact) mass is 355 g/mol. The van der Waals surface area contributed by atoms with Crippen molar-refractivity contribution in [3.63, 3.8) is 0 Å². The Labute approximate surface area is 142 Å². The predicted octanol–water partition coefficient (Wildman–Crippen LogP) is 1.90. The van der Waals surface area contributed by atoms with Gasteiger partial charge >= 0.3 is 4.87 Å². The van der Waals surface area contributed by atoms with Crippen molar-refractivity contribution in [2.75, 3.05) is 19.7 Å². The average molecular weight is 356 g/mol. The van der Waals surface area contributed by atoms with Crippen molar-refractivity contribution in [1.82, 2.24) is 14.5 Å². The van der Waals surface area contributed by atoms with E-state index in [9.17, 15) is 9.59 Å². The van der Waals surface area contributed by atoms with Crippen molar-refractivity contribution in [1.29, 1.82) is 0 Å². The molecule has 1 saturated heterocycles. The van der Waals surface area contributed by atoms with E-state index in [2.05, 4.69) is 4.98 Å². The van der Waals surface area contributed by atoms with Crippen molar-refractivity contribution in [3.05, 3.63) is 27.0 Å². The van der Waals surface area contributed by atoms with Gasteiger partial charge < -0.3 is 5.11 Å². The van der Waals surface area contributed by atoms with Crippen LogP contribution in [-0.4, -0.2) is 45.5 Å². The second-order valence-electron chi connectivity index (χ2n) is 5.76. The number of rotatable bonds is 5. The van der Waals surface area contributed by atoms with Crippen LogP contribution in [0.3, 0.4) is 0 Å². The Morgan fingerprint density at radius 3 is 2.87 bits per heavy atom. The maximum absolute atomic E-state index is 12.3.